The van der Waals surface area contributed by atoms with Gasteiger partial charge in [0.15, 0.2) is 9.84 Å². The molecule has 1 aromatic rings. The van der Waals surface area contributed by atoms with Gasteiger partial charge in [-0.25, -0.2) is 8.42 Å². The Morgan fingerprint density at radius 1 is 1.09 bits per heavy atom. The van der Waals surface area contributed by atoms with Crippen molar-refractivity contribution in [3.05, 3.63) is 79.4 Å². The summed E-state index contributed by atoms with van der Waals surface area (Å²) >= 11 is 0. The molecule has 256 valence electrons. The molecule has 46 heavy (non-hydrogen) atoms. The Labute approximate surface area is 275 Å². The quantitative estimate of drug-likeness (QED) is 0.183. The summed E-state index contributed by atoms with van der Waals surface area (Å²) in [6.07, 6.45) is 7.02. The smallest absolute Gasteiger partial charge is 0.178 e. The lowest BCUT2D eigenvalue weighted by Crippen LogP contribution is -2.40. The van der Waals surface area contributed by atoms with Gasteiger partial charge in [0.25, 0.3) is 0 Å². The van der Waals surface area contributed by atoms with Gasteiger partial charge in [0.2, 0.25) is 0 Å². The molecule has 0 spiro atoms. The van der Waals surface area contributed by atoms with Crippen LogP contribution < -0.4 is 5.73 Å². The zero-order valence-corrected chi connectivity index (χ0v) is 28.2. The average molecular weight is 660 g/mol. The molecule has 3 fully saturated rings. The third-order valence-electron chi connectivity index (χ3n) is 9.45. The third-order valence-corrected chi connectivity index (χ3v) is 11.3. The van der Waals surface area contributed by atoms with Crippen LogP contribution in [0.5, 0.6) is 0 Å². The monoisotopic (exact) mass is 659 g/mol. The van der Waals surface area contributed by atoms with Gasteiger partial charge in [-0.3, -0.25) is 0 Å². The number of benzene rings is 1. The van der Waals surface area contributed by atoms with Gasteiger partial charge in [0.1, 0.15) is 0 Å². The minimum absolute atomic E-state index is 0.00775. The van der Waals surface area contributed by atoms with Gasteiger partial charge in [-0.1, -0.05) is 56.5 Å². The topological polar surface area (TPSA) is 127 Å². The van der Waals surface area contributed by atoms with Crippen LogP contribution in [-0.2, 0) is 33.5 Å². The van der Waals surface area contributed by atoms with E-state index in [1.807, 2.05) is 12.2 Å². The summed E-state index contributed by atoms with van der Waals surface area (Å²) < 4.78 is 57.8. The Hall–Kier alpha value is -2.15. The highest BCUT2D eigenvalue weighted by molar-refractivity contribution is 7.91. The second kappa shape index (κ2) is 17.3. The number of sulfone groups is 1. The van der Waals surface area contributed by atoms with E-state index >= 15 is 0 Å². The molecule has 0 radical (unpaired) electrons. The van der Waals surface area contributed by atoms with E-state index in [0.29, 0.717) is 19.6 Å². The highest BCUT2D eigenvalue weighted by atomic mass is 32.2. The summed E-state index contributed by atoms with van der Waals surface area (Å²) in [5.74, 6) is -0.395. The Bertz CT molecular complexity index is 1280. The number of aliphatic hydroxyl groups excluding tert-OH is 1. The lowest BCUT2D eigenvalue weighted by atomic mass is 9.83. The summed E-state index contributed by atoms with van der Waals surface area (Å²) in [5.41, 5.74) is 7.78. The van der Waals surface area contributed by atoms with Gasteiger partial charge in [-0.15, -0.1) is 6.58 Å². The minimum Gasteiger partial charge on any atom is -0.392 e. The molecular formula is C36H53NO8S. The highest BCUT2D eigenvalue weighted by Crippen LogP contribution is 2.41. The van der Waals surface area contributed by atoms with Crippen molar-refractivity contribution in [2.24, 2.45) is 17.6 Å². The normalized spacial score (nSPS) is 32.7. The van der Waals surface area contributed by atoms with Gasteiger partial charge in [0.05, 0.1) is 72.7 Å². The van der Waals surface area contributed by atoms with Crippen LogP contribution in [0.2, 0.25) is 0 Å². The van der Waals surface area contributed by atoms with E-state index in [1.165, 1.54) is 0 Å². The molecule has 0 aliphatic carbocycles. The lowest BCUT2D eigenvalue weighted by Gasteiger charge is -2.38. The van der Waals surface area contributed by atoms with Gasteiger partial charge in [-0.05, 0) is 48.5 Å². The van der Waals surface area contributed by atoms with Crippen molar-refractivity contribution in [3.8, 4) is 0 Å². The number of nitrogens with two attached hydrogens (primary N) is 1. The van der Waals surface area contributed by atoms with Crippen LogP contribution in [0, 0.1) is 11.8 Å². The molecule has 4 rings (SSSR count). The van der Waals surface area contributed by atoms with Crippen molar-refractivity contribution in [2.45, 2.75) is 99.2 Å². The first-order chi connectivity index (χ1) is 22.1. The summed E-state index contributed by atoms with van der Waals surface area (Å²) in [6, 6.07) is 8.44. The fraction of sp³-hybridized carbons (Fsp3) is 0.611. The van der Waals surface area contributed by atoms with Gasteiger partial charge >= 0.3 is 0 Å². The summed E-state index contributed by atoms with van der Waals surface area (Å²) in [7, 11) is -2.08. The molecule has 3 aliphatic rings. The van der Waals surface area contributed by atoms with Gasteiger partial charge in [0, 0.05) is 38.8 Å². The van der Waals surface area contributed by atoms with Crippen LogP contribution in [0.1, 0.15) is 45.4 Å². The maximum atomic E-state index is 13.5. The zero-order chi connectivity index (χ0) is 33.3. The Kier molecular flexibility index (Phi) is 13.8. The number of hydrogen-bond acceptors (Lipinski definition) is 9. The number of aliphatic hydroxyl groups is 1. The molecule has 3 heterocycles. The predicted octanol–water partition coefficient (Wildman–Crippen LogP) is 4.56. The van der Waals surface area contributed by atoms with Crippen LogP contribution >= 0.6 is 0 Å². The van der Waals surface area contributed by atoms with Crippen molar-refractivity contribution in [2.75, 3.05) is 32.6 Å². The molecule has 3 saturated heterocycles. The fourth-order valence-electron chi connectivity index (χ4n) is 6.92. The molecule has 0 aromatic heterocycles. The van der Waals surface area contributed by atoms with E-state index < -0.39 is 40.2 Å². The maximum Gasteiger partial charge on any atom is 0.178 e. The summed E-state index contributed by atoms with van der Waals surface area (Å²) in [4.78, 5) is 0.260. The molecule has 3 aliphatic heterocycles. The molecule has 1 aromatic carbocycles. The number of hydrogen-bond donors (Lipinski definition) is 2. The molecular weight excluding hydrogens is 606 g/mol. The van der Waals surface area contributed by atoms with E-state index in [4.69, 9.17) is 29.4 Å². The molecule has 6 unspecified atom stereocenters. The van der Waals surface area contributed by atoms with Crippen LogP contribution in [0.15, 0.2) is 84.3 Å². The van der Waals surface area contributed by atoms with Crippen molar-refractivity contribution in [1.29, 1.82) is 0 Å². The second-order valence-electron chi connectivity index (χ2n) is 12.8. The molecule has 3 N–H and O–H groups in total. The molecule has 0 amide bonds. The first-order valence-corrected chi connectivity index (χ1v) is 18.1. The first kappa shape index (κ1) is 36.7. The van der Waals surface area contributed by atoms with Crippen LogP contribution in [-0.4, -0.2) is 95.0 Å². The lowest BCUT2D eigenvalue weighted by molar-refractivity contribution is -0.0766. The zero-order valence-electron chi connectivity index (χ0n) is 27.4. The van der Waals surface area contributed by atoms with Crippen LogP contribution in [0.3, 0.4) is 0 Å². The molecule has 0 bridgehead atoms. The fourth-order valence-corrected chi connectivity index (χ4v) is 8.59. The summed E-state index contributed by atoms with van der Waals surface area (Å²) in [6.45, 7) is 15.6. The van der Waals surface area contributed by atoms with E-state index in [9.17, 15) is 13.5 Å². The SMILES string of the molecule is C=CCOC/C=C/C1CC(=C)C(CCC2C[C@@H](C)C(=C)C(C[C@@H]3OC(C[C@H](O)CN)[C@H](OC)C3CS(=O)(=O)c3ccccc3)O2)O1. The Morgan fingerprint density at radius 2 is 1.85 bits per heavy atom. The summed E-state index contributed by atoms with van der Waals surface area (Å²) in [5, 5.41) is 10.4. The van der Waals surface area contributed by atoms with Crippen molar-refractivity contribution in [1.82, 2.24) is 0 Å². The molecule has 0 saturated carbocycles. The largest absolute Gasteiger partial charge is 0.392 e. The number of ether oxygens (including phenoxy) is 5. The maximum absolute atomic E-state index is 13.5. The Balaban J connectivity index is 1.42. The van der Waals surface area contributed by atoms with Gasteiger partial charge in [-0.2, -0.15) is 0 Å². The molecule has 10 heteroatoms. The number of rotatable bonds is 17. The van der Waals surface area contributed by atoms with E-state index in [-0.39, 0.29) is 53.9 Å². The average Bonchev–Trinajstić information content (AvgIpc) is 3.55. The first-order valence-electron chi connectivity index (χ1n) is 16.4. The highest BCUT2D eigenvalue weighted by Gasteiger charge is 2.48. The minimum atomic E-state index is -3.64. The van der Waals surface area contributed by atoms with Gasteiger partial charge < -0.3 is 34.5 Å². The third kappa shape index (κ3) is 9.70. The van der Waals surface area contributed by atoms with Crippen LogP contribution in [0.4, 0.5) is 0 Å². The van der Waals surface area contributed by atoms with Crippen molar-refractivity contribution >= 4 is 9.84 Å². The Morgan fingerprint density at radius 3 is 2.54 bits per heavy atom. The van der Waals surface area contributed by atoms with Crippen molar-refractivity contribution in [3.63, 3.8) is 0 Å². The predicted molar refractivity (Wildman–Crippen MR) is 179 cm³/mol. The second-order valence-corrected chi connectivity index (χ2v) is 14.9. The molecule has 10 atom stereocenters. The standard InChI is InChI=1S/C36H53NO8S/c1-6-16-42-17-10-11-28-19-25(3)32(43-28)15-14-29-18-24(2)26(4)33(44-29)21-34-31(23-46(39,40)30-12-8-7-9-13-30)36(41-5)35(45-34)20-27(38)22-37/h6-13,24,27-29,31-36,38H,1,3-4,14-23,37H2,2,5H3/b11-10+/t24-,27+,28?,29?,31?,32?,33?,34+,35?,36-/m1/s1. The van der Waals surface area contributed by atoms with Crippen LogP contribution in [0.25, 0.3) is 0 Å². The van der Waals surface area contributed by atoms with E-state index in [2.05, 4.69) is 26.7 Å². The molecule has 9 nitrogen and oxygen atoms in total. The van der Waals surface area contributed by atoms with E-state index in [1.54, 1.807) is 43.5 Å². The van der Waals surface area contributed by atoms with Crippen molar-refractivity contribution < 1.29 is 37.2 Å². The number of methoxy groups -OCH3 is 1. The van der Waals surface area contributed by atoms with E-state index in [0.717, 1.165) is 36.8 Å².